The van der Waals surface area contributed by atoms with Gasteiger partial charge in [-0.05, 0) is 71.4 Å². The lowest BCUT2D eigenvalue weighted by Crippen LogP contribution is -2.57. The molecule has 0 amide bonds. The highest BCUT2D eigenvalue weighted by Crippen LogP contribution is 2.68. The molecule has 0 spiro atoms. The first kappa shape index (κ1) is 36.1. The fraction of sp³-hybridized carbons (Fsp3) is 0.548. The van der Waals surface area contributed by atoms with Crippen LogP contribution in [0.1, 0.15) is 104 Å². The lowest BCUT2D eigenvalue weighted by molar-refractivity contribution is -0.217. The smallest absolute Gasteiger partial charge is 0.351 e. The van der Waals surface area contributed by atoms with E-state index >= 15 is 0 Å². The molecule has 2 saturated heterocycles. The second-order valence-corrected chi connectivity index (χ2v) is 17.7. The third kappa shape index (κ3) is 4.39. The van der Waals surface area contributed by atoms with Gasteiger partial charge in [0.1, 0.15) is 23.7 Å². The number of hydrogen-bond donors (Lipinski definition) is 0. The van der Waals surface area contributed by atoms with E-state index in [0.29, 0.717) is 29.5 Å². The van der Waals surface area contributed by atoms with E-state index in [-0.39, 0.29) is 36.3 Å². The van der Waals surface area contributed by atoms with Crippen LogP contribution in [0.25, 0.3) is 11.0 Å². The summed E-state index contributed by atoms with van der Waals surface area (Å²) in [6, 6.07) is 12.5. The minimum Gasteiger partial charge on any atom is -0.488 e. The average Bonchev–Trinajstić information content (AvgIpc) is 3.56. The maximum atomic E-state index is 14.7. The molecular weight excluding hydrogens is 696 g/mol. The molecule has 4 bridgehead atoms. The fourth-order valence-corrected chi connectivity index (χ4v) is 9.70. The van der Waals surface area contributed by atoms with Gasteiger partial charge in [-0.15, -0.1) is 0 Å². The summed E-state index contributed by atoms with van der Waals surface area (Å²) in [6.45, 7) is 16.1. The Kier molecular flexibility index (Phi) is 7.43. The van der Waals surface area contributed by atoms with Crippen molar-refractivity contribution in [1.82, 2.24) is 0 Å². The molecule has 54 heavy (non-hydrogen) atoms. The number of carbonyl (C=O) groups excluding carboxylic acids is 4. The first-order chi connectivity index (χ1) is 25.2. The molecule has 2 aromatic carbocycles. The lowest BCUT2D eigenvalue weighted by Gasteiger charge is -2.46. The molecule has 4 heterocycles. The summed E-state index contributed by atoms with van der Waals surface area (Å²) < 4.78 is 43.6. The molecule has 2 saturated carbocycles. The standard InChI is InChI=1S/C42H46O12/c1-22-19-26(43)49-29-27(22)24(48-21-23-13-11-10-12-14-23)20-25-28(29)30(50-34(46)41-17-15-39(8,32(44)53-41)37(41,4)5)31(36(2,3)52-25)51-35(47)42-18-16-40(9,33(45)54-42)38(42,6)7/h10-14,19-20,30-31H,15-18,21H2,1-9H3/t30-,31-,39+,40+,41-,42-/m1/s1. The molecule has 0 N–H and O–H groups in total. The number of esters is 4. The van der Waals surface area contributed by atoms with Crippen molar-refractivity contribution in [3.8, 4) is 11.5 Å². The summed E-state index contributed by atoms with van der Waals surface area (Å²) in [5, 5.41) is 0.425. The SMILES string of the molecule is Cc1cc(=O)oc2c3c(cc(OCc4ccccc4)c12)OC(C)(C)[C@H](OC(=O)[C@@]12CC[C@@](C)(C(=O)O1)C2(C)C)[C@@H]3OC(=O)[C@@]12CC[C@@](C)(C(=O)O1)C2(C)C. The number of aryl methyl sites for hydroxylation is 1. The Bertz CT molecular complexity index is 2220. The summed E-state index contributed by atoms with van der Waals surface area (Å²) in [5.41, 5.74) is -7.49. The van der Waals surface area contributed by atoms with E-state index in [2.05, 4.69) is 0 Å². The first-order valence-corrected chi connectivity index (χ1v) is 18.5. The first-order valence-electron chi connectivity index (χ1n) is 18.5. The van der Waals surface area contributed by atoms with Crippen molar-refractivity contribution in [2.75, 3.05) is 0 Å². The molecule has 4 fully saturated rings. The van der Waals surface area contributed by atoms with Crippen LogP contribution < -0.4 is 15.1 Å². The van der Waals surface area contributed by atoms with Crippen molar-refractivity contribution in [2.45, 2.75) is 124 Å². The number of ether oxygens (including phenoxy) is 6. The molecule has 12 heteroatoms. The topological polar surface area (TPSA) is 154 Å². The van der Waals surface area contributed by atoms with Crippen LogP contribution >= 0.6 is 0 Å². The summed E-state index contributed by atoms with van der Waals surface area (Å²) in [7, 11) is 0. The number of carbonyl (C=O) groups is 4. The molecule has 6 atom stereocenters. The van der Waals surface area contributed by atoms with Crippen molar-refractivity contribution < 1.29 is 52.0 Å². The van der Waals surface area contributed by atoms with Gasteiger partial charge in [-0.3, -0.25) is 9.59 Å². The van der Waals surface area contributed by atoms with Gasteiger partial charge in [0.2, 0.25) is 11.2 Å². The molecule has 8 rings (SSSR count). The highest BCUT2D eigenvalue weighted by atomic mass is 16.7. The highest BCUT2D eigenvalue weighted by Gasteiger charge is 2.78. The lowest BCUT2D eigenvalue weighted by atomic mass is 9.66. The average molecular weight is 743 g/mol. The van der Waals surface area contributed by atoms with E-state index in [1.807, 2.05) is 58.0 Å². The molecule has 3 aliphatic heterocycles. The van der Waals surface area contributed by atoms with Crippen molar-refractivity contribution in [1.29, 1.82) is 0 Å². The molecular formula is C42H46O12. The monoisotopic (exact) mass is 742 g/mol. The van der Waals surface area contributed by atoms with Gasteiger partial charge in [0, 0.05) is 23.0 Å². The van der Waals surface area contributed by atoms with Gasteiger partial charge in [0.05, 0.1) is 21.8 Å². The number of fused-ring (bicyclic) bond motifs is 7. The molecule has 5 aliphatic rings. The van der Waals surface area contributed by atoms with Crippen LogP contribution in [0.2, 0.25) is 0 Å². The minimum atomic E-state index is -1.64. The summed E-state index contributed by atoms with van der Waals surface area (Å²) in [4.78, 5) is 68.9. The van der Waals surface area contributed by atoms with Crippen LogP contribution in [-0.4, -0.2) is 46.8 Å². The van der Waals surface area contributed by atoms with Crippen LogP contribution in [0.4, 0.5) is 0 Å². The van der Waals surface area contributed by atoms with Crippen LogP contribution in [0.5, 0.6) is 11.5 Å². The summed E-state index contributed by atoms with van der Waals surface area (Å²) >= 11 is 0. The van der Waals surface area contributed by atoms with Gasteiger partial charge < -0.3 is 32.8 Å². The number of rotatable bonds is 7. The molecule has 0 radical (unpaired) electrons. The Morgan fingerprint density at radius 3 is 1.81 bits per heavy atom. The fourth-order valence-electron chi connectivity index (χ4n) is 9.70. The highest BCUT2D eigenvalue weighted by molar-refractivity contribution is 5.96. The van der Waals surface area contributed by atoms with E-state index in [1.165, 1.54) is 6.07 Å². The van der Waals surface area contributed by atoms with Crippen molar-refractivity contribution >= 4 is 34.8 Å². The Labute approximate surface area is 312 Å². The van der Waals surface area contributed by atoms with Crippen molar-refractivity contribution in [3.63, 3.8) is 0 Å². The maximum absolute atomic E-state index is 14.7. The van der Waals surface area contributed by atoms with E-state index < -0.39 is 80.2 Å². The van der Waals surface area contributed by atoms with Crippen molar-refractivity contribution in [3.05, 3.63) is 69.6 Å². The normalized spacial score (nSPS) is 33.4. The van der Waals surface area contributed by atoms with Crippen molar-refractivity contribution in [2.24, 2.45) is 21.7 Å². The maximum Gasteiger partial charge on any atom is 0.351 e. The van der Waals surface area contributed by atoms with Gasteiger partial charge in [-0.25, -0.2) is 14.4 Å². The largest absolute Gasteiger partial charge is 0.488 e. The predicted molar refractivity (Wildman–Crippen MR) is 191 cm³/mol. The third-order valence-electron chi connectivity index (χ3n) is 14.3. The van der Waals surface area contributed by atoms with Gasteiger partial charge in [0.15, 0.2) is 17.8 Å². The molecule has 12 nitrogen and oxygen atoms in total. The van der Waals surface area contributed by atoms with E-state index in [0.717, 1.165) is 5.56 Å². The van der Waals surface area contributed by atoms with E-state index in [4.69, 9.17) is 32.8 Å². The van der Waals surface area contributed by atoms with Crippen LogP contribution in [0.15, 0.2) is 51.7 Å². The zero-order chi connectivity index (χ0) is 39.0. The Morgan fingerprint density at radius 1 is 0.741 bits per heavy atom. The molecule has 1 aromatic heterocycles. The van der Waals surface area contributed by atoms with E-state index in [1.54, 1.807) is 40.7 Å². The second-order valence-electron chi connectivity index (χ2n) is 17.7. The third-order valence-corrected chi connectivity index (χ3v) is 14.3. The van der Waals surface area contributed by atoms with Gasteiger partial charge in [-0.1, -0.05) is 58.0 Å². The number of hydrogen-bond acceptors (Lipinski definition) is 12. The molecule has 2 aliphatic carbocycles. The van der Waals surface area contributed by atoms with E-state index in [9.17, 15) is 24.0 Å². The van der Waals surface area contributed by atoms with Crippen LogP contribution in [0, 0.1) is 28.6 Å². The summed E-state index contributed by atoms with van der Waals surface area (Å²) in [6.07, 6.45) is -1.53. The Hall–Kier alpha value is -4.87. The zero-order valence-electron chi connectivity index (χ0n) is 32.1. The Morgan fingerprint density at radius 2 is 1.30 bits per heavy atom. The van der Waals surface area contributed by atoms with Crippen LogP contribution in [-0.2, 0) is 44.7 Å². The second kappa shape index (κ2) is 11.1. The van der Waals surface area contributed by atoms with Crippen LogP contribution in [0.3, 0.4) is 0 Å². The van der Waals surface area contributed by atoms with Gasteiger partial charge in [0.25, 0.3) is 0 Å². The molecule has 286 valence electrons. The van der Waals surface area contributed by atoms with Gasteiger partial charge in [-0.2, -0.15) is 0 Å². The predicted octanol–water partition coefficient (Wildman–Crippen LogP) is 6.59. The summed E-state index contributed by atoms with van der Waals surface area (Å²) in [5.74, 6) is -2.09. The van der Waals surface area contributed by atoms with Gasteiger partial charge >= 0.3 is 29.5 Å². The quantitative estimate of drug-likeness (QED) is 0.146. The molecule has 0 unspecified atom stereocenters. The Balaban J connectivity index is 1.28. The molecule has 3 aromatic rings. The zero-order valence-corrected chi connectivity index (χ0v) is 32.1. The number of benzene rings is 2. The minimum absolute atomic E-state index is 0.0191.